The molecule has 0 N–H and O–H groups in total. The van der Waals surface area contributed by atoms with Gasteiger partial charge in [0.2, 0.25) is 0 Å². The maximum Gasteiger partial charge on any atom is 0.555 e. The van der Waals surface area contributed by atoms with Gasteiger partial charge >= 0.3 is 12.3 Å². The zero-order chi connectivity index (χ0) is 18.8. The van der Waals surface area contributed by atoms with Gasteiger partial charge < -0.3 is 9.47 Å². The molecule has 2 aromatic carbocycles. The van der Waals surface area contributed by atoms with Gasteiger partial charge in [-0.05, 0) is 36.1 Å². The van der Waals surface area contributed by atoms with Crippen LogP contribution in [0.1, 0.15) is 11.1 Å². The molecule has 2 rings (SSSR count). The highest BCUT2D eigenvalue weighted by molar-refractivity contribution is 5.68. The number of ether oxygens (including phenoxy) is 2. The van der Waals surface area contributed by atoms with Gasteiger partial charge in [0.15, 0.2) is 0 Å². The second-order valence-electron chi connectivity index (χ2n) is 5.07. The molecule has 0 aliphatic heterocycles. The van der Waals surface area contributed by atoms with Crippen molar-refractivity contribution < 1.29 is 28.8 Å². The normalized spacial score (nSPS) is 9.69. The SMILES string of the molecule is C=CCc1ccccc1OC(=O)OOC(=O)Oc1ccccc1CC=C. The number of hydrogen-bond acceptors (Lipinski definition) is 6. The van der Waals surface area contributed by atoms with Crippen LogP contribution in [0.4, 0.5) is 9.59 Å². The smallest absolute Gasteiger partial charge is 0.392 e. The van der Waals surface area contributed by atoms with Gasteiger partial charge in [-0.1, -0.05) is 48.6 Å². The number of hydrogen-bond donors (Lipinski definition) is 0. The molecule has 6 nitrogen and oxygen atoms in total. The number of rotatable bonds is 6. The van der Waals surface area contributed by atoms with Crippen molar-refractivity contribution in [2.45, 2.75) is 12.8 Å². The molecule has 0 aromatic heterocycles. The van der Waals surface area contributed by atoms with Gasteiger partial charge in [0.05, 0.1) is 0 Å². The Kier molecular flexibility index (Phi) is 7.00. The molecule has 0 amide bonds. The zero-order valence-electron chi connectivity index (χ0n) is 14.1. The fraction of sp³-hybridized carbons (Fsp3) is 0.100. The third-order valence-electron chi connectivity index (χ3n) is 3.24. The summed E-state index contributed by atoms with van der Waals surface area (Å²) in [6.07, 6.45) is 1.96. The Bertz CT molecular complexity index is 729. The van der Waals surface area contributed by atoms with Crippen LogP contribution < -0.4 is 9.47 Å². The van der Waals surface area contributed by atoms with Gasteiger partial charge in [-0.2, -0.15) is 19.4 Å². The van der Waals surface area contributed by atoms with Crippen molar-refractivity contribution >= 4 is 12.3 Å². The van der Waals surface area contributed by atoms with Crippen LogP contribution in [0, 0.1) is 0 Å². The zero-order valence-corrected chi connectivity index (χ0v) is 14.1. The van der Waals surface area contributed by atoms with E-state index in [1.807, 2.05) is 0 Å². The summed E-state index contributed by atoms with van der Waals surface area (Å²) < 4.78 is 10.0. The molecule has 6 heteroatoms. The predicted molar refractivity (Wildman–Crippen MR) is 94.9 cm³/mol. The molecule has 0 atom stereocenters. The van der Waals surface area contributed by atoms with Gasteiger partial charge in [0.25, 0.3) is 0 Å². The van der Waals surface area contributed by atoms with Crippen LogP contribution in [0.5, 0.6) is 11.5 Å². The van der Waals surface area contributed by atoms with Crippen molar-refractivity contribution in [3.8, 4) is 11.5 Å². The van der Waals surface area contributed by atoms with Gasteiger partial charge in [0.1, 0.15) is 11.5 Å². The fourth-order valence-corrected chi connectivity index (χ4v) is 2.14. The maximum absolute atomic E-state index is 11.7. The van der Waals surface area contributed by atoms with Crippen molar-refractivity contribution in [2.24, 2.45) is 0 Å². The Balaban J connectivity index is 1.89. The minimum absolute atomic E-state index is 0.283. The van der Waals surface area contributed by atoms with Crippen molar-refractivity contribution in [1.82, 2.24) is 0 Å². The highest BCUT2D eigenvalue weighted by Gasteiger charge is 2.16. The Morgan fingerprint density at radius 2 is 1.12 bits per heavy atom. The minimum Gasteiger partial charge on any atom is -0.392 e. The van der Waals surface area contributed by atoms with Crippen LogP contribution in [-0.4, -0.2) is 12.3 Å². The summed E-state index contributed by atoms with van der Waals surface area (Å²) in [5.41, 5.74) is 1.47. The third kappa shape index (κ3) is 5.52. The molecule has 134 valence electrons. The van der Waals surface area contributed by atoms with E-state index in [-0.39, 0.29) is 11.5 Å². The molecule has 0 bridgehead atoms. The summed E-state index contributed by atoms with van der Waals surface area (Å²) in [6.45, 7) is 7.26. The van der Waals surface area contributed by atoms with Crippen LogP contribution >= 0.6 is 0 Å². The van der Waals surface area contributed by atoms with Gasteiger partial charge in [-0.3, -0.25) is 0 Å². The van der Waals surface area contributed by atoms with Gasteiger partial charge in [-0.25, -0.2) is 0 Å². The molecule has 0 unspecified atom stereocenters. The van der Waals surface area contributed by atoms with E-state index in [1.54, 1.807) is 60.7 Å². The average Bonchev–Trinajstić information content (AvgIpc) is 2.64. The molecular formula is C20H18O6. The number of para-hydroxylation sites is 2. The van der Waals surface area contributed by atoms with E-state index in [4.69, 9.17) is 9.47 Å². The van der Waals surface area contributed by atoms with E-state index >= 15 is 0 Å². The first-order chi connectivity index (χ1) is 12.6. The molecule has 2 aromatic rings. The minimum atomic E-state index is -1.20. The summed E-state index contributed by atoms with van der Waals surface area (Å²) in [5.74, 6) is 0.566. The van der Waals surface area contributed by atoms with E-state index in [0.29, 0.717) is 12.8 Å². The van der Waals surface area contributed by atoms with E-state index in [2.05, 4.69) is 22.9 Å². The van der Waals surface area contributed by atoms with Crippen molar-refractivity contribution in [3.05, 3.63) is 85.0 Å². The number of carbonyl (C=O) groups is 2. The second-order valence-corrected chi connectivity index (χ2v) is 5.07. The molecule has 0 fully saturated rings. The molecule has 0 aliphatic rings. The summed E-state index contributed by atoms with van der Waals surface area (Å²) in [4.78, 5) is 32.0. The van der Waals surface area contributed by atoms with Crippen molar-refractivity contribution in [2.75, 3.05) is 0 Å². The number of allylic oxidation sites excluding steroid dienone is 2. The van der Waals surface area contributed by atoms with E-state index in [0.717, 1.165) is 11.1 Å². The highest BCUT2D eigenvalue weighted by Crippen LogP contribution is 2.20. The lowest BCUT2D eigenvalue weighted by Gasteiger charge is -2.09. The molecule has 0 spiro atoms. The molecule has 0 radical (unpaired) electrons. The van der Waals surface area contributed by atoms with E-state index in [1.165, 1.54) is 0 Å². The summed E-state index contributed by atoms with van der Waals surface area (Å²) in [5, 5.41) is 0. The highest BCUT2D eigenvalue weighted by atomic mass is 17.3. The first-order valence-corrected chi connectivity index (χ1v) is 7.79. The van der Waals surface area contributed by atoms with E-state index < -0.39 is 12.3 Å². The molecule has 26 heavy (non-hydrogen) atoms. The molecule has 0 heterocycles. The second kappa shape index (κ2) is 9.68. The van der Waals surface area contributed by atoms with Crippen LogP contribution in [0.25, 0.3) is 0 Å². The lowest BCUT2D eigenvalue weighted by Crippen LogP contribution is -2.18. The predicted octanol–water partition coefficient (Wildman–Crippen LogP) is 4.79. The Labute approximate surface area is 151 Å². The van der Waals surface area contributed by atoms with Gasteiger partial charge in [-0.15, -0.1) is 13.2 Å². The van der Waals surface area contributed by atoms with Gasteiger partial charge in [0, 0.05) is 0 Å². The Morgan fingerprint density at radius 3 is 1.50 bits per heavy atom. The number of carbonyl (C=O) groups excluding carboxylic acids is 2. The quantitative estimate of drug-likeness (QED) is 0.244. The topological polar surface area (TPSA) is 71.1 Å². The standard InChI is InChI=1S/C20H18O6/c1-3-9-15-11-5-7-13-17(15)23-19(21)25-26-20(22)24-18-14-8-6-12-16(18)10-4-2/h3-8,11-14H,1-2,9-10H2. The molecule has 0 saturated carbocycles. The monoisotopic (exact) mass is 354 g/mol. The van der Waals surface area contributed by atoms with Crippen LogP contribution in [0.15, 0.2) is 73.8 Å². The Morgan fingerprint density at radius 1 is 0.731 bits per heavy atom. The first-order valence-electron chi connectivity index (χ1n) is 7.79. The summed E-state index contributed by atoms with van der Waals surface area (Å²) in [7, 11) is 0. The largest absolute Gasteiger partial charge is 0.555 e. The molecule has 0 saturated heterocycles. The first kappa shape index (κ1) is 18.8. The molecular weight excluding hydrogens is 336 g/mol. The third-order valence-corrected chi connectivity index (χ3v) is 3.24. The Hall–Kier alpha value is -3.54. The summed E-state index contributed by atoms with van der Waals surface area (Å²) >= 11 is 0. The molecule has 0 aliphatic carbocycles. The van der Waals surface area contributed by atoms with Crippen LogP contribution in [0.3, 0.4) is 0 Å². The van der Waals surface area contributed by atoms with Crippen molar-refractivity contribution in [1.29, 1.82) is 0 Å². The fourth-order valence-electron chi connectivity index (χ4n) is 2.14. The van der Waals surface area contributed by atoms with Crippen LogP contribution in [0.2, 0.25) is 0 Å². The summed E-state index contributed by atoms with van der Waals surface area (Å²) in [6, 6.07) is 13.7. The van der Waals surface area contributed by atoms with E-state index in [9.17, 15) is 9.59 Å². The maximum atomic E-state index is 11.7. The average molecular weight is 354 g/mol. The number of benzene rings is 2. The van der Waals surface area contributed by atoms with Crippen LogP contribution in [-0.2, 0) is 22.6 Å². The lowest BCUT2D eigenvalue weighted by molar-refractivity contribution is -0.203. The van der Waals surface area contributed by atoms with Crippen molar-refractivity contribution in [3.63, 3.8) is 0 Å². The lowest BCUT2D eigenvalue weighted by atomic mass is 10.1.